The fourth-order valence-corrected chi connectivity index (χ4v) is 4.13. The van der Waals surface area contributed by atoms with Gasteiger partial charge in [-0.3, -0.25) is 9.59 Å². The van der Waals surface area contributed by atoms with E-state index in [2.05, 4.69) is 15.2 Å². The molecule has 9 nitrogen and oxygen atoms in total. The van der Waals surface area contributed by atoms with Crippen LogP contribution in [0, 0.1) is 34.6 Å². The second-order valence-corrected chi connectivity index (χ2v) is 8.16. The van der Waals surface area contributed by atoms with Crippen molar-refractivity contribution in [2.45, 2.75) is 39.5 Å². The number of rotatable bonds is 7. The van der Waals surface area contributed by atoms with Gasteiger partial charge in [-0.15, -0.1) is 0 Å². The molecule has 0 aliphatic rings. The Morgan fingerprint density at radius 1 is 1.11 bits per heavy atom. The first-order chi connectivity index (χ1) is 13.0. The zero-order valence-corrected chi connectivity index (χ0v) is 17.2. The van der Waals surface area contributed by atoms with E-state index in [4.69, 9.17) is 9.26 Å². The van der Waals surface area contributed by atoms with Gasteiger partial charge in [0.05, 0.1) is 0 Å². The van der Waals surface area contributed by atoms with E-state index in [1.807, 2.05) is 32.9 Å². The number of ether oxygens (including phenoxy) is 1. The molecule has 0 fully saturated rings. The SMILES string of the molecule is Cc1cc(C)c(NC(=O)COC(=O)CNS(=O)(=O)c2c(C)noc2C)c(C)c1. The molecule has 10 heteroatoms. The molecule has 2 N–H and O–H groups in total. The average Bonchev–Trinajstić information content (AvgIpc) is 2.93. The lowest BCUT2D eigenvalue weighted by molar-refractivity contribution is -0.146. The highest BCUT2D eigenvalue weighted by atomic mass is 32.2. The first-order valence-electron chi connectivity index (χ1n) is 8.47. The number of anilines is 1. The van der Waals surface area contributed by atoms with Crippen molar-refractivity contribution < 1.29 is 27.3 Å². The van der Waals surface area contributed by atoms with Gasteiger partial charge in [0.1, 0.15) is 17.1 Å². The van der Waals surface area contributed by atoms with Gasteiger partial charge in [0.2, 0.25) is 10.0 Å². The summed E-state index contributed by atoms with van der Waals surface area (Å²) in [7, 11) is -3.98. The number of amides is 1. The summed E-state index contributed by atoms with van der Waals surface area (Å²) in [5.41, 5.74) is 3.70. The highest BCUT2D eigenvalue weighted by Crippen LogP contribution is 2.22. The van der Waals surface area contributed by atoms with E-state index >= 15 is 0 Å². The number of aromatic nitrogens is 1. The summed E-state index contributed by atoms with van der Waals surface area (Å²) in [4.78, 5) is 23.7. The maximum absolute atomic E-state index is 12.2. The smallest absolute Gasteiger partial charge is 0.321 e. The second-order valence-electron chi connectivity index (χ2n) is 6.46. The second kappa shape index (κ2) is 8.53. The van der Waals surface area contributed by atoms with E-state index in [9.17, 15) is 18.0 Å². The predicted molar refractivity (Wildman–Crippen MR) is 101 cm³/mol. The van der Waals surface area contributed by atoms with E-state index in [0.29, 0.717) is 5.69 Å². The normalized spacial score (nSPS) is 11.3. The van der Waals surface area contributed by atoms with Crippen molar-refractivity contribution in [3.8, 4) is 0 Å². The van der Waals surface area contributed by atoms with Crippen molar-refractivity contribution in [1.29, 1.82) is 0 Å². The van der Waals surface area contributed by atoms with Crippen LogP contribution in [0.15, 0.2) is 21.6 Å². The van der Waals surface area contributed by atoms with Crippen LogP contribution in [0.3, 0.4) is 0 Å². The third-order valence-corrected chi connectivity index (χ3v) is 5.59. The van der Waals surface area contributed by atoms with Crippen molar-refractivity contribution >= 4 is 27.6 Å². The molecule has 1 aromatic carbocycles. The number of carbonyl (C=O) groups excluding carboxylic acids is 2. The monoisotopic (exact) mass is 409 g/mol. The summed E-state index contributed by atoms with van der Waals surface area (Å²) >= 11 is 0. The van der Waals surface area contributed by atoms with Gasteiger partial charge in [-0.1, -0.05) is 22.9 Å². The van der Waals surface area contributed by atoms with Gasteiger partial charge >= 0.3 is 5.97 Å². The van der Waals surface area contributed by atoms with E-state index in [1.165, 1.54) is 13.8 Å². The lowest BCUT2D eigenvalue weighted by Crippen LogP contribution is -2.32. The zero-order chi connectivity index (χ0) is 21.1. The Hall–Kier alpha value is -2.72. The predicted octanol–water partition coefficient (Wildman–Crippen LogP) is 1.68. The molecule has 0 unspecified atom stereocenters. The van der Waals surface area contributed by atoms with Crippen molar-refractivity contribution in [3.63, 3.8) is 0 Å². The van der Waals surface area contributed by atoms with Crippen LogP contribution in [0.2, 0.25) is 0 Å². The van der Waals surface area contributed by atoms with Crippen LogP contribution in [-0.2, 0) is 24.3 Å². The molecule has 1 heterocycles. The number of nitrogens with one attached hydrogen (secondary N) is 2. The van der Waals surface area contributed by atoms with Gasteiger partial charge in [-0.25, -0.2) is 8.42 Å². The number of sulfonamides is 1. The molecule has 0 aliphatic carbocycles. The van der Waals surface area contributed by atoms with Crippen molar-refractivity contribution in [2.75, 3.05) is 18.5 Å². The Labute approximate surface area is 163 Å². The van der Waals surface area contributed by atoms with Gasteiger partial charge < -0.3 is 14.6 Å². The first-order valence-corrected chi connectivity index (χ1v) is 9.95. The molecule has 0 saturated carbocycles. The van der Waals surface area contributed by atoms with Crippen LogP contribution < -0.4 is 10.0 Å². The van der Waals surface area contributed by atoms with E-state index in [0.717, 1.165) is 16.7 Å². The van der Waals surface area contributed by atoms with Crippen LogP contribution in [-0.4, -0.2) is 38.6 Å². The topological polar surface area (TPSA) is 128 Å². The minimum absolute atomic E-state index is 0.113. The Morgan fingerprint density at radius 2 is 1.71 bits per heavy atom. The molecule has 0 radical (unpaired) electrons. The average molecular weight is 409 g/mol. The molecule has 1 amide bonds. The van der Waals surface area contributed by atoms with Crippen LogP contribution in [0.1, 0.15) is 28.1 Å². The molecule has 28 heavy (non-hydrogen) atoms. The van der Waals surface area contributed by atoms with E-state index < -0.39 is 35.1 Å². The molecule has 2 aromatic rings. The lowest BCUT2D eigenvalue weighted by Gasteiger charge is -2.13. The molecule has 0 aliphatic heterocycles. The number of nitrogens with zero attached hydrogens (tertiary/aromatic N) is 1. The van der Waals surface area contributed by atoms with Gasteiger partial charge in [0.25, 0.3) is 5.91 Å². The Kier molecular flexibility index (Phi) is 6.57. The van der Waals surface area contributed by atoms with Crippen molar-refractivity contribution in [2.24, 2.45) is 0 Å². The summed E-state index contributed by atoms with van der Waals surface area (Å²) < 4.78 is 36.2. The molecule has 0 atom stereocenters. The van der Waals surface area contributed by atoms with Crippen LogP contribution in [0.4, 0.5) is 5.69 Å². The van der Waals surface area contributed by atoms with Gasteiger partial charge in [0, 0.05) is 5.69 Å². The van der Waals surface area contributed by atoms with Gasteiger partial charge in [-0.05, 0) is 45.7 Å². The standard InChI is InChI=1S/C18H23N3O6S/c1-10-6-11(2)17(12(3)7-10)20-15(22)9-26-16(23)8-19-28(24,25)18-13(4)21-27-14(18)5/h6-7,19H,8-9H2,1-5H3,(H,20,22). The molecule has 2 rings (SSSR count). The van der Waals surface area contributed by atoms with Gasteiger partial charge in [-0.2, -0.15) is 4.72 Å². The first kappa shape index (κ1) is 21.6. The Balaban J connectivity index is 1.88. The third-order valence-electron chi connectivity index (χ3n) is 3.95. The molecular formula is C18H23N3O6S. The minimum atomic E-state index is -3.98. The number of esters is 1. The largest absolute Gasteiger partial charge is 0.455 e. The molecule has 0 bridgehead atoms. The highest BCUT2D eigenvalue weighted by Gasteiger charge is 2.25. The van der Waals surface area contributed by atoms with Crippen molar-refractivity contribution in [1.82, 2.24) is 9.88 Å². The van der Waals surface area contributed by atoms with Crippen LogP contribution in [0.25, 0.3) is 0 Å². The molecule has 152 valence electrons. The lowest BCUT2D eigenvalue weighted by atomic mass is 10.1. The van der Waals surface area contributed by atoms with E-state index in [-0.39, 0.29) is 16.3 Å². The fraction of sp³-hybridized carbons (Fsp3) is 0.389. The number of hydrogen-bond donors (Lipinski definition) is 2. The number of aryl methyl sites for hydroxylation is 5. The Bertz CT molecular complexity index is 968. The Morgan fingerprint density at radius 3 is 2.25 bits per heavy atom. The summed E-state index contributed by atoms with van der Waals surface area (Å²) in [6.07, 6.45) is 0. The summed E-state index contributed by atoms with van der Waals surface area (Å²) in [6.45, 7) is 7.46. The maximum Gasteiger partial charge on any atom is 0.321 e. The van der Waals surface area contributed by atoms with Gasteiger partial charge in [0.15, 0.2) is 12.4 Å². The fourth-order valence-electron chi connectivity index (χ4n) is 2.83. The number of hydrogen-bond acceptors (Lipinski definition) is 7. The summed E-state index contributed by atoms with van der Waals surface area (Å²) in [5.74, 6) is -1.29. The quantitative estimate of drug-likeness (QED) is 0.666. The highest BCUT2D eigenvalue weighted by molar-refractivity contribution is 7.89. The van der Waals surface area contributed by atoms with Crippen LogP contribution >= 0.6 is 0 Å². The van der Waals surface area contributed by atoms with E-state index in [1.54, 1.807) is 0 Å². The van der Waals surface area contributed by atoms with Crippen molar-refractivity contribution in [3.05, 3.63) is 40.3 Å². The van der Waals surface area contributed by atoms with Crippen LogP contribution in [0.5, 0.6) is 0 Å². The molecule has 0 saturated heterocycles. The molecule has 0 spiro atoms. The minimum Gasteiger partial charge on any atom is -0.455 e. The number of carbonyl (C=O) groups is 2. The zero-order valence-electron chi connectivity index (χ0n) is 16.4. The maximum atomic E-state index is 12.2. The molecular weight excluding hydrogens is 386 g/mol. The number of benzene rings is 1. The summed E-state index contributed by atoms with van der Waals surface area (Å²) in [6, 6.07) is 3.86. The molecule has 1 aromatic heterocycles. The summed E-state index contributed by atoms with van der Waals surface area (Å²) in [5, 5.41) is 6.26. The third kappa shape index (κ3) is 5.17.